The molecule has 0 aromatic carbocycles. The Morgan fingerprint density at radius 3 is 3.00 bits per heavy atom. The summed E-state index contributed by atoms with van der Waals surface area (Å²) in [7, 11) is 0. The predicted molar refractivity (Wildman–Crippen MR) is 83.1 cm³/mol. The molecule has 3 nitrogen and oxygen atoms in total. The normalized spacial score (nSPS) is 23.9. The molecule has 18 heavy (non-hydrogen) atoms. The third-order valence-electron chi connectivity index (χ3n) is 3.14. The lowest BCUT2D eigenvalue weighted by Crippen LogP contribution is -2.37. The van der Waals surface area contributed by atoms with Crippen LogP contribution in [0.1, 0.15) is 24.3 Å². The van der Waals surface area contributed by atoms with Crippen molar-refractivity contribution in [3.63, 3.8) is 0 Å². The van der Waals surface area contributed by atoms with E-state index < -0.39 is 0 Å². The highest BCUT2D eigenvalue weighted by atomic mass is 79.9. The number of hydrogen-bond donors (Lipinski definition) is 1. The largest absolute Gasteiger partial charge is 0.377 e. The van der Waals surface area contributed by atoms with Gasteiger partial charge in [-0.25, -0.2) is 0 Å². The van der Waals surface area contributed by atoms with Crippen molar-refractivity contribution in [1.82, 2.24) is 4.90 Å². The molecular weight excluding hydrogens is 380 g/mol. The summed E-state index contributed by atoms with van der Waals surface area (Å²) < 4.78 is 7.94. The first-order valence-electron chi connectivity index (χ1n) is 6.12. The van der Waals surface area contributed by atoms with E-state index in [4.69, 9.17) is 10.5 Å². The Hall–Kier alpha value is 0.540. The Morgan fingerprint density at radius 1 is 1.61 bits per heavy atom. The fourth-order valence-corrected chi connectivity index (χ4v) is 4.52. The highest BCUT2D eigenvalue weighted by molar-refractivity contribution is 9.13. The van der Waals surface area contributed by atoms with Crippen molar-refractivity contribution >= 4 is 43.2 Å². The highest BCUT2D eigenvalue weighted by Crippen LogP contribution is 2.37. The molecule has 1 aromatic rings. The zero-order valence-corrected chi connectivity index (χ0v) is 14.4. The van der Waals surface area contributed by atoms with Gasteiger partial charge in [-0.15, -0.1) is 11.3 Å². The van der Waals surface area contributed by atoms with E-state index in [9.17, 15) is 0 Å². The molecule has 1 saturated heterocycles. The molecule has 0 bridgehead atoms. The van der Waals surface area contributed by atoms with Gasteiger partial charge in [0.1, 0.15) is 0 Å². The molecule has 0 saturated carbocycles. The molecule has 6 heteroatoms. The second kappa shape index (κ2) is 6.81. The first kappa shape index (κ1) is 14.9. The van der Waals surface area contributed by atoms with E-state index in [0.717, 1.165) is 34.4 Å². The van der Waals surface area contributed by atoms with Gasteiger partial charge in [-0.1, -0.05) is 0 Å². The number of ether oxygens (including phenoxy) is 1. The smallest absolute Gasteiger partial charge is 0.0843 e. The molecule has 1 aromatic heterocycles. The molecule has 2 unspecified atom stereocenters. The van der Waals surface area contributed by atoms with Gasteiger partial charge in [-0.2, -0.15) is 0 Å². The zero-order valence-electron chi connectivity index (χ0n) is 10.4. The highest BCUT2D eigenvalue weighted by Gasteiger charge is 2.25. The summed E-state index contributed by atoms with van der Waals surface area (Å²) in [5.41, 5.74) is 5.99. The molecule has 1 fully saturated rings. The Bertz CT molecular complexity index is 380. The van der Waals surface area contributed by atoms with Crippen molar-refractivity contribution < 1.29 is 4.74 Å². The lowest BCUT2D eigenvalue weighted by molar-refractivity contribution is 0.0614. The quantitative estimate of drug-likeness (QED) is 0.849. The maximum atomic E-state index is 5.99. The summed E-state index contributed by atoms with van der Waals surface area (Å²) in [6.07, 6.45) is 1.36. The molecule has 2 rings (SSSR count). The van der Waals surface area contributed by atoms with E-state index in [1.807, 2.05) is 0 Å². The second-order valence-electron chi connectivity index (χ2n) is 4.55. The molecular formula is C12H18Br2N2OS. The number of nitrogens with zero attached hydrogens (tertiary/aromatic N) is 1. The summed E-state index contributed by atoms with van der Waals surface area (Å²) in [5.74, 6) is 0. The van der Waals surface area contributed by atoms with Crippen molar-refractivity contribution in [3.05, 3.63) is 19.2 Å². The van der Waals surface area contributed by atoms with Crippen molar-refractivity contribution in [2.45, 2.75) is 25.5 Å². The molecule has 0 amide bonds. The molecule has 102 valence electrons. The summed E-state index contributed by atoms with van der Waals surface area (Å²) in [5, 5.41) is 0. The van der Waals surface area contributed by atoms with Crippen molar-refractivity contribution in [1.29, 1.82) is 0 Å². The first-order valence-corrected chi connectivity index (χ1v) is 8.52. The standard InChI is InChI=1S/C12H18Br2N2OS/c1-8-7-16(3-2-4-17-8)10(6-15)11-5-9(13)12(14)18-11/h5,8,10H,2-4,6-7,15H2,1H3. The van der Waals surface area contributed by atoms with E-state index in [-0.39, 0.29) is 6.10 Å². The van der Waals surface area contributed by atoms with Crippen LogP contribution in [0.25, 0.3) is 0 Å². The number of hydrogen-bond acceptors (Lipinski definition) is 4. The van der Waals surface area contributed by atoms with Gasteiger partial charge >= 0.3 is 0 Å². The van der Waals surface area contributed by atoms with Crippen molar-refractivity contribution in [2.24, 2.45) is 5.73 Å². The minimum Gasteiger partial charge on any atom is -0.377 e. The first-order chi connectivity index (χ1) is 8.61. The summed E-state index contributed by atoms with van der Waals surface area (Å²) in [4.78, 5) is 3.76. The maximum Gasteiger partial charge on any atom is 0.0843 e. The lowest BCUT2D eigenvalue weighted by atomic mass is 10.2. The molecule has 2 N–H and O–H groups in total. The van der Waals surface area contributed by atoms with Crippen LogP contribution in [0.15, 0.2) is 14.3 Å². The SMILES string of the molecule is CC1CN(C(CN)c2cc(Br)c(Br)s2)CCCO1. The second-order valence-corrected chi connectivity index (χ2v) is 7.81. The summed E-state index contributed by atoms with van der Waals surface area (Å²) in [6, 6.07) is 2.46. The van der Waals surface area contributed by atoms with E-state index in [1.54, 1.807) is 11.3 Å². The van der Waals surface area contributed by atoms with Crippen LogP contribution < -0.4 is 5.73 Å². The molecule has 2 heterocycles. The van der Waals surface area contributed by atoms with Crippen molar-refractivity contribution in [3.8, 4) is 0 Å². The fourth-order valence-electron chi connectivity index (χ4n) is 2.28. The van der Waals surface area contributed by atoms with Crippen LogP contribution in [0.2, 0.25) is 0 Å². The number of rotatable bonds is 3. The molecule has 0 spiro atoms. The minimum atomic E-state index is 0.286. The topological polar surface area (TPSA) is 38.5 Å². The predicted octanol–water partition coefficient (Wildman–Crippen LogP) is 3.38. The fraction of sp³-hybridized carbons (Fsp3) is 0.667. The Balaban J connectivity index is 2.16. The molecule has 2 atom stereocenters. The third kappa shape index (κ3) is 3.55. The van der Waals surface area contributed by atoms with Gasteiger partial charge in [0.15, 0.2) is 0 Å². The van der Waals surface area contributed by atoms with Crippen LogP contribution in [-0.2, 0) is 4.74 Å². The van der Waals surface area contributed by atoms with Crippen LogP contribution in [0.4, 0.5) is 0 Å². The third-order valence-corrected chi connectivity index (χ3v) is 6.50. The van der Waals surface area contributed by atoms with Gasteiger partial charge < -0.3 is 10.5 Å². The number of nitrogens with two attached hydrogens (primary N) is 1. The van der Waals surface area contributed by atoms with E-state index >= 15 is 0 Å². The maximum absolute atomic E-state index is 5.99. The Morgan fingerprint density at radius 2 is 2.39 bits per heavy atom. The van der Waals surface area contributed by atoms with Gasteiger partial charge in [-0.3, -0.25) is 4.90 Å². The molecule has 0 radical (unpaired) electrons. The van der Waals surface area contributed by atoms with E-state index in [2.05, 4.69) is 49.7 Å². The van der Waals surface area contributed by atoms with Crippen LogP contribution in [0, 0.1) is 0 Å². The van der Waals surface area contributed by atoms with Gasteiger partial charge in [0.25, 0.3) is 0 Å². The van der Waals surface area contributed by atoms with Crippen LogP contribution in [0.5, 0.6) is 0 Å². The van der Waals surface area contributed by atoms with Gasteiger partial charge in [0.2, 0.25) is 0 Å². The molecule has 1 aliphatic heterocycles. The average molecular weight is 398 g/mol. The van der Waals surface area contributed by atoms with Gasteiger partial charge in [0.05, 0.1) is 15.9 Å². The Kier molecular flexibility index (Phi) is 5.65. The Labute approximate surface area is 129 Å². The van der Waals surface area contributed by atoms with Gasteiger partial charge in [0, 0.05) is 35.6 Å². The van der Waals surface area contributed by atoms with E-state index in [1.165, 1.54) is 4.88 Å². The van der Waals surface area contributed by atoms with Crippen LogP contribution in [0.3, 0.4) is 0 Å². The lowest BCUT2D eigenvalue weighted by Gasteiger charge is -2.29. The number of thiophene rings is 1. The van der Waals surface area contributed by atoms with Gasteiger partial charge in [-0.05, 0) is 51.3 Å². The average Bonchev–Trinajstić information content (AvgIpc) is 2.53. The van der Waals surface area contributed by atoms with Crippen LogP contribution in [-0.4, -0.2) is 37.2 Å². The molecule has 0 aliphatic carbocycles. The molecule has 1 aliphatic rings. The van der Waals surface area contributed by atoms with Crippen molar-refractivity contribution in [2.75, 3.05) is 26.2 Å². The zero-order chi connectivity index (χ0) is 13.1. The van der Waals surface area contributed by atoms with E-state index in [0.29, 0.717) is 12.6 Å². The summed E-state index contributed by atoms with van der Waals surface area (Å²) >= 11 is 8.85. The number of halogens is 2. The summed E-state index contributed by atoms with van der Waals surface area (Å²) in [6.45, 7) is 5.64. The monoisotopic (exact) mass is 396 g/mol. The van der Waals surface area contributed by atoms with Crippen LogP contribution >= 0.6 is 43.2 Å². The minimum absolute atomic E-state index is 0.286.